The van der Waals surface area contributed by atoms with Gasteiger partial charge in [0, 0.05) is 29.3 Å². The van der Waals surface area contributed by atoms with Crippen LogP contribution < -0.4 is 14.9 Å². The van der Waals surface area contributed by atoms with E-state index < -0.39 is 47.3 Å². The number of amides is 1. The predicted molar refractivity (Wildman–Crippen MR) is 110 cm³/mol. The second-order valence-corrected chi connectivity index (χ2v) is 9.39. The van der Waals surface area contributed by atoms with Crippen LogP contribution in [0, 0.1) is 11.8 Å². The largest absolute Gasteiger partial charge is 0.420 e. The first-order valence-corrected chi connectivity index (χ1v) is 11.8. The number of nitrogens with zero attached hydrogens (tertiary/aromatic N) is 3. The fourth-order valence-electron chi connectivity index (χ4n) is 4.20. The molecule has 2 saturated carbocycles. The number of halogens is 6. The molecule has 0 aromatic carbocycles. The van der Waals surface area contributed by atoms with E-state index in [0.717, 1.165) is 4.68 Å². The van der Waals surface area contributed by atoms with Gasteiger partial charge >= 0.3 is 12.4 Å². The third-order valence-electron chi connectivity index (χ3n) is 6.12. The van der Waals surface area contributed by atoms with Crippen LogP contribution in [0.5, 0.6) is 0 Å². The van der Waals surface area contributed by atoms with E-state index in [1.807, 2.05) is 0 Å². The van der Waals surface area contributed by atoms with E-state index >= 15 is 0 Å². The van der Waals surface area contributed by atoms with Gasteiger partial charge < -0.3 is 5.32 Å². The SMILES string of the molecule is CO[n+]1ccc(NC(=O)c2c(C(F)(F)F)c(C3CC3)nn2CC2CC(C(F)(F)F)C2)cc1SC. The Morgan fingerprint density at radius 2 is 1.94 bits per heavy atom. The van der Waals surface area contributed by atoms with Gasteiger partial charge in [0.25, 0.3) is 10.9 Å². The normalized spacial score (nSPS) is 20.7. The number of alkyl halides is 6. The van der Waals surface area contributed by atoms with Crippen molar-refractivity contribution in [2.75, 3.05) is 18.7 Å². The van der Waals surface area contributed by atoms with Crippen molar-refractivity contribution in [2.45, 2.75) is 55.5 Å². The molecular weight excluding hydrogens is 486 g/mol. The Balaban J connectivity index is 1.66. The minimum atomic E-state index is -4.84. The van der Waals surface area contributed by atoms with Crippen LogP contribution in [-0.4, -0.2) is 35.2 Å². The maximum absolute atomic E-state index is 14.1. The molecule has 186 valence electrons. The Bertz CT molecular complexity index is 1070. The molecule has 2 aliphatic carbocycles. The number of rotatable bonds is 7. The zero-order chi connectivity index (χ0) is 24.8. The number of aromatic nitrogens is 3. The Kier molecular flexibility index (Phi) is 6.51. The van der Waals surface area contributed by atoms with Gasteiger partial charge in [-0.2, -0.15) is 31.4 Å². The molecule has 2 aromatic rings. The fraction of sp³-hybridized carbons (Fsp3) is 0.571. The van der Waals surface area contributed by atoms with Crippen LogP contribution in [0.2, 0.25) is 0 Å². The first kappa shape index (κ1) is 24.7. The van der Waals surface area contributed by atoms with Crippen LogP contribution in [-0.2, 0) is 12.7 Å². The summed E-state index contributed by atoms with van der Waals surface area (Å²) in [7, 11) is 1.44. The molecule has 13 heteroatoms. The number of carbonyl (C=O) groups is 1. The van der Waals surface area contributed by atoms with Crippen LogP contribution in [0.1, 0.15) is 53.3 Å². The summed E-state index contributed by atoms with van der Waals surface area (Å²) in [4.78, 5) is 18.3. The molecule has 0 aliphatic heterocycles. The van der Waals surface area contributed by atoms with E-state index in [2.05, 4.69) is 10.4 Å². The number of hydrogen-bond acceptors (Lipinski definition) is 4. The number of pyridine rings is 1. The van der Waals surface area contributed by atoms with Crippen LogP contribution >= 0.6 is 11.8 Å². The molecule has 0 spiro atoms. The molecular formula is C21H23F6N4O2S+. The lowest BCUT2D eigenvalue weighted by Gasteiger charge is -2.36. The lowest BCUT2D eigenvalue weighted by Crippen LogP contribution is -2.42. The smallest absolute Gasteiger partial charge is 0.320 e. The molecule has 0 atom stereocenters. The van der Waals surface area contributed by atoms with Gasteiger partial charge in [0.05, 0.1) is 17.3 Å². The average molecular weight is 509 g/mol. The average Bonchev–Trinajstić information content (AvgIpc) is 3.48. The second-order valence-electron chi connectivity index (χ2n) is 8.56. The van der Waals surface area contributed by atoms with Crippen molar-refractivity contribution in [1.82, 2.24) is 9.78 Å². The van der Waals surface area contributed by atoms with Crippen molar-refractivity contribution < 1.29 is 40.7 Å². The van der Waals surface area contributed by atoms with Gasteiger partial charge in [0.1, 0.15) is 18.4 Å². The molecule has 2 heterocycles. The minimum absolute atomic E-state index is 0.181. The molecule has 2 aromatic heterocycles. The van der Waals surface area contributed by atoms with Crippen LogP contribution in [0.4, 0.5) is 32.0 Å². The summed E-state index contributed by atoms with van der Waals surface area (Å²) in [5.41, 5.74) is -1.73. The molecule has 0 unspecified atom stereocenters. The Morgan fingerprint density at radius 1 is 1.26 bits per heavy atom. The van der Waals surface area contributed by atoms with Crippen LogP contribution in [0.25, 0.3) is 0 Å². The molecule has 2 aliphatic rings. The van der Waals surface area contributed by atoms with Crippen molar-refractivity contribution in [2.24, 2.45) is 11.8 Å². The van der Waals surface area contributed by atoms with Crippen LogP contribution in [0.3, 0.4) is 0 Å². The minimum Gasteiger partial charge on any atom is -0.320 e. The molecule has 0 bridgehead atoms. The predicted octanol–water partition coefficient (Wildman–Crippen LogP) is 4.69. The zero-order valence-corrected chi connectivity index (χ0v) is 19.2. The molecule has 34 heavy (non-hydrogen) atoms. The molecule has 1 N–H and O–H groups in total. The molecule has 0 saturated heterocycles. The van der Waals surface area contributed by atoms with Crippen molar-refractivity contribution in [1.29, 1.82) is 0 Å². The molecule has 0 radical (unpaired) electrons. The summed E-state index contributed by atoms with van der Waals surface area (Å²) < 4.78 is 83.2. The van der Waals surface area contributed by atoms with Crippen molar-refractivity contribution in [3.8, 4) is 0 Å². The van der Waals surface area contributed by atoms with E-state index in [4.69, 9.17) is 4.84 Å². The molecule has 4 rings (SSSR count). The Labute approximate surface area is 195 Å². The summed E-state index contributed by atoms with van der Waals surface area (Å²) in [5, 5.41) is 7.18. The third kappa shape index (κ3) is 4.98. The summed E-state index contributed by atoms with van der Waals surface area (Å²) in [6.07, 6.45) is -5.25. The molecule has 2 fully saturated rings. The second kappa shape index (κ2) is 8.97. The topological polar surface area (TPSA) is 60.0 Å². The standard InChI is InChI=1S/C21H22F6N4O2S/c1-33-31-6-5-14(9-15(31)34-2)28-19(32)18-16(21(25,26)27)17(12-3-4-12)29-30(18)10-11-7-13(8-11)20(22,23)24/h5-6,9,11-13H,3-4,7-8,10H2,1-2H3/p+1. The van der Waals surface area contributed by atoms with Gasteiger partial charge in [-0.1, -0.05) is 11.8 Å². The highest BCUT2D eigenvalue weighted by Crippen LogP contribution is 2.48. The Morgan fingerprint density at radius 3 is 2.47 bits per heavy atom. The van der Waals surface area contributed by atoms with Gasteiger partial charge in [0.15, 0.2) is 0 Å². The summed E-state index contributed by atoms with van der Waals surface area (Å²) >= 11 is 1.30. The van der Waals surface area contributed by atoms with E-state index in [-0.39, 0.29) is 30.8 Å². The van der Waals surface area contributed by atoms with Crippen molar-refractivity contribution >= 4 is 23.4 Å². The van der Waals surface area contributed by atoms with Crippen molar-refractivity contribution in [3.05, 3.63) is 35.3 Å². The van der Waals surface area contributed by atoms with E-state index in [9.17, 15) is 31.1 Å². The highest BCUT2D eigenvalue weighted by Gasteiger charge is 2.49. The first-order chi connectivity index (χ1) is 15.9. The summed E-state index contributed by atoms with van der Waals surface area (Å²) in [6.45, 7) is -0.181. The summed E-state index contributed by atoms with van der Waals surface area (Å²) in [5.74, 6) is -3.40. The van der Waals surface area contributed by atoms with Gasteiger partial charge in [0.2, 0.25) is 6.20 Å². The highest BCUT2D eigenvalue weighted by molar-refractivity contribution is 7.98. The number of hydrogen-bond donors (Lipinski definition) is 1. The van der Waals surface area contributed by atoms with Gasteiger partial charge in [-0.15, -0.1) is 0 Å². The van der Waals surface area contributed by atoms with Gasteiger partial charge in [-0.3, -0.25) is 14.3 Å². The molecule has 6 nitrogen and oxygen atoms in total. The maximum atomic E-state index is 14.1. The number of carbonyl (C=O) groups excluding carboxylic acids is 1. The summed E-state index contributed by atoms with van der Waals surface area (Å²) in [6, 6.07) is 3.01. The van der Waals surface area contributed by atoms with Gasteiger partial charge in [-0.05, 0) is 37.9 Å². The quantitative estimate of drug-likeness (QED) is 0.334. The Hall–Kier alpha value is -2.44. The lowest BCUT2D eigenvalue weighted by molar-refractivity contribution is -0.913. The van der Waals surface area contributed by atoms with Gasteiger partial charge in [-0.25, -0.2) is 0 Å². The lowest BCUT2D eigenvalue weighted by atomic mass is 9.74. The zero-order valence-electron chi connectivity index (χ0n) is 18.3. The number of anilines is 1. The third-order valence-corrected chi connectivity index (χ3v) is 6.84. The number of nitrogens with one attached hydrogen (secondary N) is 1. The maximum Gasteiger partial charge on any atom is 0.420 e. The number of thioether (sulfide) groups is 1. The van der Waals surface area contributed by atoms with Crippen molar-refractivity contribution in [3.63, 3.8) is 0 Å². The van der Waals surface area contributed by atoms with E-state index in [1.54, 1.807) is 12.3 Å². The highest BCUT2D eigenvalue weighted by atomic mass is 32.2. The van der Waals surface area contributed by atoms with E-state index in [1.165, 1.54) is 35.9 Å². The fourth-order valence-corrected chi connectivity index (χ4v) is 4.76. The first-order valence-electron chi connectivity index (χ1n) is 10.6. The van der Waals surface area contributed by atoms with Crippen LogP contribution in [0.15, 0.2) is 23.4 Å². The monoisotopic (exact) mass is 509 g/mol. The van der Waals surface area contributed by atoms with E-state index in [0.29, 0.717) is 17.9 Å². The molecule has 1 amide bonds.